The Bertz CT molecular complexity index is 988. The zero-order valence-electron chi connectivity index (χ0n) is 16.5. The SMILES string of the molecule is CN(Cc1ccc(O)cc1)C(=O)CN1C(=O)c2ccccc2N2C(=O)CC[C@@]12C. The molecule has 7 nitrogen and oxygen atoms in total. The van der Waals surface area contributed by atoms with Gasteiger partial charge in [0.1, 0.15) is 18.0 Å². The number of rotatable bonds is 4. The summed E-state index contributed by atoms with van der Waals surface area (Å²) in [6, 6.07) is 13.7. The maximum absolute atomic E-state index is 13.2. The number of carbonyl (C=O) groups is 3. The molecule has 1 N–H and O–H groups in total. The summed E-state index contributed by atoms with van der Waals surface area (Å²) in [5, 5.41) is 9.41. The van der Waals surface area contributed by atoms with Crippen molar-refractivity contribution in [2.24, 2.45) is 0 Å². The highest BCUT2D eigenvalue weighted by Crippen LogP contribution is 2.43. The zero-order chi connectivity index (χ0) is 20.8. The number of nitrogens with zero attached hydrogens (tertiary/aromatic N) is 3. The van der Waals surface area contributed by atoms with Gasteiger partial charge in [0.2, 0.25) is 11.8 Å². The molecule has 2 aliphatic rings. The van der Waals surface area contributed by atoms with Crippen LogP contribution in [0.15, 0.2) is 48.5 Å². The van der Waals surface area contributed by atoms with Gasteiger partial charge in [0.05, 0.1) is 11.3 Å². The Kier molecular flexibility index (Phi) is 4.53. The smallest absolute Gasteiger partial charge is 0.258 e. The number of anilines is 1. The van der Waals surface area contributed by atoms with E-state index in [1.165, 1.54) is 4.90 Å². The fraction of sp³-hybridized carbons (Fsp3) is 0.318. The van der Waals surface area contributed by atoms with Crippen LogP contribution in [-0.4, -0.2) is 51.9 Å². The van der Waals surface area contributed by atoms with Crippen LogP contribution < -0.4 is 4.90 Å². The summed E-state index contributed by atoms with van der Waals surface area (Å²) in [7, 11) is 1.68. The molecule has 7 heteroatoms. The van der Waals surface area contributed by atoms with E-state index in [0.29, 0.717) is 30.6 Å². The molecule has 2 aromatic rings. The van der Waals surface area contributed by atoms with E-state index in [-0.39, 0.29) is 30.0 Å². The van der Waals surface area contributed by atoms with Crippen molar-refractivity contribution in [1.82, 2.24) is 9.80 Å². The van der Waals surface area contributed by atoms with E-state index in [4.69, 9.17) is 0 Å². The lowest BCUT2D eigenvalue weighted by Crippen LogP contribution is -2.63. The molecule has 150 valence electrons. The number of benzene rings is 2. The van der Waals surface area contributed by atoms with Crippen molar-refractivity contribution in [1.29, 1.82) is 0 Å². The second-order valence-electron chi connectivity index (χ2n) is 7.77. The van der Waals surface area contributed by atoms with Crippen LogP contribution in [0, 0.1) is 0 Å². The Balaban J connectivity index is 1.59. The highest BCUT2D eigenvalue weighted by Gasteiger charge is 2.53. The average Bonchev–Trinajstić information content (AvgIpc) is 3.02. The van der Waals surface area contributed by atoms with E-state index < -0.39 is 5.66 Å². The van der Waals surface area contributed by atoms with Gasteiger partial charge in [-0.25, -0.2) is 0 Å². The van der Waals surface area contributed by atoms with Gasteiger partial charge in [-0.15, -0.1) is 0 Å². The van der Waals surface area contributed by atoms with Crippen LogP contribution in [-0.2, 0) is 16.1 Å². The van der Waals surface area contributed by atoms with Crippen LogP contribution in [0.5, 0.6) is 5.75 Å². The number of hydrogen-bond acceptors (Lipinski definition) is 4. The van der Waals surface area contributed by atoms with Crippen LogP contribution in [0.3, 0.4) is 0 Å². The van der Waals surface area contributed by atoms with E-state index in [1.807, 2.05) is 13.0 Å². The fourth-order valence-corrected chi connectivity index (χ4v) is 4.16. The van der Waals surface area contributed by atoms with E-state index in [0.717, 1.165) is 5.56 Å². The second kappa shape index (κ2) is 6.92. The topological polar surface area (TPSA) is 81.2 Å². The van der Waals surface area contributed by atoms with Gasteiger partial charge in [-0.2, -0.15) is 0 Å². The molecule has 2 aliphatic heterocycles. The molecule has 2 aromatic carbocycles. The van der Waals surface area contributed by atoms with Crippen molar-refractivity contribution in [3.05, 3.63) is 59.7 Å². The van der Waals surface area contributed by atoms with Crippen molar-refractivity contribution < 1.29 is 19.5 Å². The summed E-state index contributed by atoms with van der Waals surface area (Å²) < 4.78 is 0. The lowest BCUT2D eigenvalue weighted by atomic mass is 9.98. The van der Waals surface area contributed by atoms with Crippen molar-refractivity contribution in [2.75, 3.05) is 18.5 Å². The second-order valence-corrected chi connectivity index (χ2v) is 7.77. The Morgan fingerprint density at radius 2 is 1.83 bits per heavy atom. The normalized spacial score (nSPS) is 20.5. The van der Waals surface area contributed by atoms with Gasteiger partial charge in [-0.05, 0) is 43.2 Å². The molecule has 0 radical (unpaired) electrons. The van der Waals surface area contributed by atoms with Gasteiger partial charge >= 0.3 is 0 Å². The van der Waals surface area contributed by atoms with E-state index in [1.54, 1.807) is 59.3 Å². The lowest BCUT2D eigenvalue weighted by Gasteiger charge is -2.48. The van der Waals surface area contributed by atoms with Crippen LogP contribution in [0.25, 0.3) is 0 Å². The standard InChI is InChI=1S/C22H23N3O4/c1-22-12-11-19(27)25(22)18-6-4-3-5-17(18)21(29)24(22)14-20(28)23(2)13-15-7-9-16(26)10-8-15/h3-10,26H,11-14H2,1-2H3/t22-/m0/s1. The van der Waals surface area contributed by atoms with Gasteiger partial charge in [-0.3, -0.25) is 19.3 Å². The van der Waals surface area contributed by atoms with Gasteiger partial charge in [0.25, 0.3) is 5.91 Å². The van der Waals surface area contributed by atoms with Gasteiger partial charge in [0, 0.05) is 20.0 Å². The minimum atomic E-state index is -0.850. The van der Waals surface area contributed by atoms with E-state index in [2.05, 4.69) is 0 Å². The summed E-state index contributed by atoms with van der Waals surface area (Å²) in [6.45, 7) is 2.10. The van der Waals surface area contributed by atoms with Crippen molar-refractivity contribution in [3.8, 4) is 5.75 Å². The molecule has 0 aromatic heterocycles. The van der Waals surface area contributed by atoms with Crippen LogP contribution in [0.1, 0.15) is 35.7 Å². The molecular formula is C22H23N3O4. The number of aromatic hydroxyl groups is 1. The molecule has 3 amide bonds. The molecule has 4 rings (SSSR count). The quantitative estimate of drug-likeness (QED) is 0.865. The van der Waals surface area contributed by atoms with Crippen molar-refractivity contribution in [2.45, 2.75) is 32.0 Å². The third-order valence-electron chi connectivity index (χ3n) is 5.82. The van der Waals surface area contributed by atoms with Crippen molar-refractivity contribution >= 4 is 23.4 Å². The molecule has 2 heterocycles. The number of phenolic OH excluding ortho intramolecular Hbond substituents is 1. The highest BCUT2D eigenvalue weighted by atomic mass is 16.3. The number of phenols is 1. The minimum Gasteiger partial charge on any atom is -0.508 e. The Labute approximate surface area is 169 Å². The number of carbonyl (C=O) groups excluding carboxylic acids is 3. The van der Waals surface area contributed by atoms with Gasteiger partial charge in [0.15, 0.2) is 0 Å². The summed E-state index contributed by atoms with van der Waals surface area (Å²) in [4.78, 5) is 43.5. The summed E-state index contributed by atoms with van der Waals surface area (Å²) in [5.74, 6) is -0.326. The number of amides is 3. The van der Waals surface area contributed by atoms with Crippen molar-refractivity contribution in [3.63, 3.8) is 0 Å². The third-order valence-corrected chi connectivity index (χ3v) is 5.82. The van der Waals surface area contributed by atoms with Crippen LogP contribution in [0.4, 0.5) is 5.69 Å². The maximum atomic E-state index is 13.2. The Morgan fingerprint density at radius 1 is 1.14 bits per heavy atom. The first-order chi connectivity index (χ1) is 13.8. The molecule has 1 fully saturated rings. The molecule has 0 unspecified atom stereocenters. The van der Waals surface area contributed by atoms with E-state index in [9.17, 15) is 19.5 Å². The fourth-order valence-electron chi connectivity index (χ4n) is 4.16. The molecule has 29 heavy (non-hydrogen) atoms. The molecule has 0 bridgehead atoms. The average molecular weight is 393 g/mol. The number of hydrogen-bond donors (Lipinski definition) is 1. The molecular weight excluding hydrogens is 370 g/mol. The summed E-state index contributed by atoms with van der Waals surface area (Å²) >= 11 is 0. The minimum absolute atomic E-state index is 0.0395. The maximum Gasteiger partial charge on any atom is 0.258 e. The summed E-state index contributed by atoms with van der Waals surface area (Å²) in [5.41, 5.74) is 1.08. The molecule has 1 saturated heterocycles. The van der Waals surface area contributed by atoms with Crippen LogP contribution >= 0.6 is 0 Å². The number of para-hydroxylation sites is 1. The molecule has 0 aliphatic carbocycles. The van der Waals surface area contributed by atoms with Gasteiger partial charge in [-0.1, -0.05) is 24.3 Å². The largest absolute Gasteiger partial charge is 0.508 e. The number of fused-ring (bicyclic) bond motifs is 3. The first-order valence-corrected chi connectivity index (χ1v) is 9.57. The van der Waals surface area contributed by atoms with Gasteiger partial charge < -0.3 is 14.9 Å². The van der Waals surface area contributed by atoms with E-state index >= 15 is 0 Å². The highest BCUT2D eigenvalue weighted by molar-refractivity contribution is 6.11. The lowest BCUT2D eigenvalue weighted by molar-refractivity contribution is -0.132. The molecule has 0 saturated carbocycles. The Morgan fingerprint density at radius 3 is 2.55 bits per heavy atom. The zero-order valence-corrected chi connectivity index (χ0v) is 16.5. The predicted molar refractivity (Wildman–Crippen MR) is 107 cm³/mol. The van der Waals surface area contributed by atoms with Crippen LogP contribution in [0.2, 0.25) is 0 Å². The third kappa shape index (κ3) is 3.12. The first kappa shape index (κ1) is 19.0. The summed E-state index contributed by atoms with van der Waals surface area (Å²) in [6.07, 6.45) is 0.826. The Hall–Kier alpha value is -3.35. The first-order valence-electron chi connectivity index (χ1n) is 9.57. The monoisotopic (exact) mass is 393 g/mol. The molecule has 0 spiro atoms. The number of likely N-dealkylation sites (N-methyl/N-ethyl adjacent to an activating group) is 1. The molecule has 1 atom stereocenters. The predicted octanol–water partition coefficient (Wildman–Crippen LogP) is 2.35.